The van der Waals surface area contributed by atoms with Crippen molar-refractivity contribution in [2.75, 3.05) is 13.2 Å². The zero-order valence-corrected chi connectivity index (χ0v) is 44.9. The molecule has 0 aliphatic heterocycles. The summed E-state index contributed by atoms with van der Waals surface area (Å²) in [5, 5.41) is 59.1. The molecule has 0 fully saturated rings. The number of tetrazole rings is 3. The Balaban J connectivity index is 0.000000208. The van der Waals surface area contributed by atoms with Crippen LogP contribution < -0.4 is 46.4 Å². The van der Waals surface area contributed by atoms with Gasteiger partial charge in [0, 0.05) is 40.9 Å². The molecule has 4 aromatic heterocycles. The van der Waals surface area contributed by atoms with Crippen molar-refractivity contribution in [3.63, 3.8) is 0 Å². The first kappa shape index (κ1) is 56.9. The molecule has 0 bridgehead atoms. The van der Waals surface area contributed by atoms with E-state index in [1.54, 1.807) is 54.6 Å². The van der Waals surface area contributed by atoms with Crippen LogP contribution in [0.5, 0.6) is 0 Å². The number of thiophene rings is 1. The maximum Gasteiger partial charge on any atom is 0.275 e. The molecule has 12 N–H and O–H groups in total. The summed E-state index contributed by atoms with van der Waals surface area (Å²) < 4.78 is 0. The van der Waals surface area contributed by atoms with Gasteiger partial charge in [-0.3, -0.25) is 30.0 Å². The first-order valence-corrected chi connectivity index (χ1v) is 33.7. The van der Waals surface area contributed by atoms with Gasteiger partial charge >= 0.3 is 50.5 Å². The maximum atomic E-state index is 12.1. The van der Waals surface area contributed by atoms with Crippen LogP contribution in [-0.2, 0) is 6.54 Å². The van der Waals surface area contributed by atoms with E-state index in [1.165, 1.54) is 6.07 Å². The third-order valence-electron chi connectivity index (χ3n) is 8.40. The molecule has 0 radical (unpaired) electrons. The summed E-state index contributed by atoms with van der Waals surface area (Å²) in [6.45, 7) is 0.364. The second kappa shape index (κ2) is 32.3. The fraction of sp³-hybridized carbons (Fsp3) is 0.0750. The molecule has 0 unspecified atom stereocenters. The van der Waals surface area contributed by atoms with Gasteiger partial charge in [0.2, 0.25) is 17.5 Å². The molecule has 8 rings (SSSR count). The molecule has 4 heterocycles. The average molecular weight is 1350 g/mol. The van der Waals surface area contributed by atoms with Gasteiger partial charge in [-0.2, -0.15) is 25.6 Å². The number of hydrazine groups is 2. The number of carbonyl (C=O) groups is 4. The Morgan fingerprint density at radius 3 is 1.59 bits per heavy atom. The monoisotopic (exact) mass is 1350 g/mol. The van der Waals surface area contributed by atoms with Gasteiger partial charge in [-0.15, -0.1) is 41.9 Å². The number of isothiocyanates is 2. The van der Waals surface area contributed by atoms with Crippen molar-refractivity contribution in [3.8, 4) is 34.2 Å². The number of aliphatic hydroxyl groups is 1. The number of carbonyl (C=O) groups excluding carboxylic acids is 4. The van der Waals surface area contributed by atoms with Crippen molar-refractivity contribution in [1.29, 1.82) is 0 Å². The minimum absolute atomic E-state index is 0.118. The molecule has 0 aliphatic carbocycles. The Morgan fingerprint density at radius 1 is 0.620 bits per heavy atom. The van der Waals surface area contributed by atoms with E-state index in [-0.39, 0.29) is 37.4 Å². The number of nitrogens with zero attached hydrogens (tertiary/aromatic N) is 11. The van der Waals surface area contributed by atoms with Gasteiger partial charge in [-0.05, 0) is 118 Å². The predicted octanol–water partition coefficient (Wildman–Crippen LogP) is 1.45. The summed E-state index contributed by atoms with van der Waals surface area (Å²) in [6, 6.07) is 31.2. The molecule has 31 heteroatoms. The maximum absolute atomic E-state index is 12.1. The summed E-state index contributed by atoms with van der Waals surface area (Å²) >= 11 is 15.3. The zero-order valence-electron chi connectivity index (χ0n) is 36.0. The van der Waals surface area contributed by atoms with Gasteiger partial charge in [-0.25, -0.2) is 11.7 Å². The molecule has 25 nitrogen and oxygen atoms in total. The number of aromatic nitrogens is 12. The Kier molecular flexibility index (Phi) is 25.9. The van der Waals surface area contributed by atoms with E-state index in [4.69, 9.17) is 16.8 Å². The van der Waals surface area contributed by atoms with E-state index >= 15 is 0 Å². The van der Waals surface area contributed by atoms with Crippen molar-refractivity contribution in [2.24, 2.45) is 21.7 Å². The number of benzene rings is 4. The minimum atomic E-state index is -0.445. The van der Waals surface area contributed by atoms with Gasteiger partial charge in [0.05, 0.1) is 38.1 Å². The van der Waals surface area contributed by atoms with Gasteiger partial charge in [-0.1, -0.05) is 36.4 Å². The number of nitrogens with one attached hydrogen (secondary N) is 7. The number of aliphatic hydroxyl groups excluding tert-OH is 1. The molecule has 0 saturated heterocycles. The number of aliphatic imine (C=N–C) groups is 2. The molecule has 366 valence electrons. The van der Waals surface area contributed by atoms with Crippen LogP contribution in [0.2, 0.25) is 0 Å². The first-order valence-electron chi connectivity index (χ1n) is 19.5. The van der Waals surface area contributed by atoms with Crippen LogP contribution in [0.4, 0.5) is 11.4 Å². The molecule has 71 heavy (non-hydrogen) atoms. The molecule has 0 saturated carbocycles. The fourth-order valence-corrected chi connectivity index (χ4v) is 6.22. The predicted molar refractivity (Wildman–Crippen MR) is 281 cm³/mol. The van der Waals surface area contributed by atoms with E-state index in [0.29, 0.717) is 51.6 Å². The summed E-state index contributed by atoms with van der Waals surface area (Å²) in [4.78, 5) is 54.7. The van der Waals surface area contributed by atoms with E-state index < -0.39 is 5.91 Å². The second-order valence-electron chi connectivity index (χ2n) is 12.8. The van der Waals surface area contributed by atoms with Gasteiger partial charge in [0.1, 0.15) is 0 Å². The van der Waals surface area contributed by atoms with Crippen molar-refractivity contribution < 1.29 is 37.5 Å². The van der Waals surface area contributed by atoms with E-state index in [1.807, 2.05) is 59.4 Å². The summed E-state index contributed by atoms with van der Waals surface area (Å²) in [7, 11) is 0. The summed E-state index contributed by atoms with van der Waals surface area (Å²) in [5.41, 5.74) is 9.80. The van der Waals surface area contributed by atoms with Crippen LogP contribution in [-0.4, -0.2) is 114 Å². The third-order valence-corrected chi connectivity index (χ3v) is 9.67. The molecule has 0 spiro atoms. The Bertz CT molecular complexity index is 2980. The quantitative estimate of drug-likeness (QED) is 0.0195. The zero-order chi connectivity index (χ0) is 51.2. The Hall–Kier alpha value is -6.66. The standard InChI is InChI=1S/C16H18N4O4S.C8H8N6O.2C8H5N5S.I3/c17-20-16(24)13-6-5-12(25-13)15(23)19-9-10-1-3-11(4-2-10)14(22)18-7-8-21;9-10-8(15)6-3-1-5(2-4-6)7-11-13-14-12-7;14-5-9-7-3-1-6(2-4-7)8-10-12-13-11-8;14-5-9-7-3-1-2-6(4-7)8-10-12-13-11-8;1-3-2/h1-6,21H,7-9,17H2,(H,18,22)(H,19,23)(H,20,24);1-4H,9H2,(H,10,15)(H,11,12,13,14);2*1-4H,(H,10,11,12,13);/q;;;;-1. The van der Waals surface area contributed by atoms with Crippen LogP contribution in [0, 0.1) is 0 Å². The number of nitrogens with two attached hydrogens (primary N) is 2. The van der Waals surface area contributed by atoms with Gasteiger partial charge in [0.25, 0.3) is 23.6 Å². The van der Waals surface area contributed by atoms with Crippen molar-refractivity contribution >= 4 is 118 Å². The largest absolute Gasteiger partial charge is 0.395 e. The van der Waals surface area contributed by atoms with E-state index in [9.17, 15) is 19.2 Å². The molecule has 4 aromatic carbocycles. The minimum Gasteiger partial charge on any atom is -0.395 e. The number of nitrogen functional groups attached to an aromatic ring is 2. The van der Waals surface area contributed by atoms with E-state index in [0.717, 1.165) is 45.0 Å². The summed E-state index contributed by atoms with van der Waals surface area (Å²) in [6.07, 6.45) is 0. The molecule has 0 aliphatic rings. The van der Waals surface area contributed by atoms with Crippen LogP contribution >= 0.6 is 73.0 Å². The summed E-state index contributed by atoms with van der Waals surface area (Å²) in [5.74, 6) is 10.3. The van der Waals surface area contributed by atoms with Crippen molar-refractivity contribution in [3.05, 3.63) is 136 Å². The smallest absolute Gasteiger partial charge is 0.275 e. The number of H-pyrrole nitrogens is 3. The fourth-order valence-electron chi connectivity index (χ4n) is 5.18. The number of hydrogen-bond acceptors (Lipinski definition) is 21. The van der Waals surface area contributed by atoms with Crippen LogP contribution in [0.3, 0.4) is 0 Å². The second-order valence-corrected chi connectivity index (χ2v) is 30.5. The number of hydrogen-bond donors (Lipinski definition) is 10. The molecular weight excluding hydrogens is 1320 g/mol. The van der Waals surface area contributed by atoms with Crippen molar-refractivity contribution in [2.45, 2.75) is 6.54 Å². The number of rotatable bonds is 13. The molecule has 8 aromatic rings. The first-order chi connectivity index (χ1) is 34.6. The number of thiocarbonyl (C=S) groups is 2. The van der Waals surface area contributed by atoms with Crippen LogP contribution in [0.15, 0.2) is 119 Å². The van der Waals surface area contributed by atoms with Crippen LogP contribution in [0.1, 0.15) is 45.6 Å². The Morgan fingerprint density at radius 2 is 1.10 bits per heavy atom. The number of aromatic amines is 3. The molecule has 4 amide bonds. The molecular formula is C40H36I3N20O5S3-. The van der Waals surface area contributed by atoms with Crippen LogP contribution in [0.25, 0.3) is 34.2 Å². The topological polar surface area (TPSA) is 377 Å². The van der Waals surface area contributed by atoms with Gasteiger partial charge < -0.3 is 15.7 Å². The average Bonchev–Trinajstić information content (AvgIpc) is 4.28. The van der Waals surface area contributed by atoms with Crippen molar-refractivity contribution in [1.82, 2.24) is 83.4 Å². The molecule has 0 atom stereocenters. The number of halogens is 3. The Labute approximate surface area is 446 Å². The number of amides is 4. The van der Waals surface area contributed by atoms with E-state index in [2.05, 4.69) is 154 Å². The van der Waals surface area contributed by atoms with Gasteiger partial charge in [0.15, 0.2) is 0 Å². The normalized spacial score (nSPS) is 9.70. The third kappa shape index (κ3) is 19.6. The SMILES string of the molecule is I[I-]I.NNC(=O)c1ccc(-c2nn[nH]n2)cc1.NNC(=O)c1ccc(C(=O)NCc2ccc(C(=O)NCCO)cc2)s1.S=C=Nc1ccc(-c2nn[nH]n2)cc1.S=C=Nc1cccc(-c2nn[nH]n2)c1.